The van der Waals surface area contributed by atoms with Crippen molar-refractivity contribution in [3.05, 3.63) is 71.8 Å². The Morgan fingerprint density at radius 3 is 2.18 bits per heavy atom. The molecule has 0 saturated carbocycles. The summed E-state index contributed by atoms with van der Waals surface area (Å²) in [5.74, 6) is 0.718. The topological polar surface area (TPSA) is 72.9 Å². The zero-order valence-corrected chi connectivity index (χ0v) is 19.8. The molecule has 0 N–H and O–H groups in total. The van der Waals surface area contributed by atoms with Crippen molar-refractivity contribution in [1.82, 2.24) is 4.90 Å². The molecule has 0 unspecified atom stereocenters. The van der Waals surface area contributed by atoms with Crippen LogP contribution in [0.5, 0.6) is 11.5 Å². The van der Waals surface area contributed by atoms with E-state index in [1.165, 1.54) is 38.3 Å². The maximum atomic E-state index is 12.2. The van der Waals surface area contributed by atoms with Crippen molar-refractivity contribution in [3.8, 4) is 11.5 Å². The first-order valence-corrected chi connectivity index (χ1v) is 12.9. The second kappa shape index (κ2) is 12.4. The van der Waals surface area contributed by atoms with Crippen LogP contribution in [0.1, 0.15) is 37.3 Å². The first-order valence-electron chi connectivity index (χ1n) is 11.3. The van der Waals surface area contributed by atoms with E-state index in [-0.39, 0.29) is 17.3 Å². The number of hydrogen-bond acceptors (Lipinski definition) is 6. The monoisotopic (exact) mass is 469 g/mol. The van der Waals surface area contributed by atoms with E-state index >= 15 is 0 Å². The minimum atomic E-state index is -3.59. The van der Waals surface area contributed by atoms with Gasteiger partial charge in [0.15, 0.2) is 5.78 Å². The van der Waals surface area contributed by atoms with E-state index in [9.17, 15) is 13.2 Å². The summed E-state index contributed by atoms with van der Waals surface area (Å²) >= 11 is 0. The van der Waals surface area contributed by atoms with Gasteiger partial charge in [-0.05, 0) is 80.4 Å². The highest BCUT2D eigenvalue weighted by molar-refractivity contribution is 7.87. The Labute approximate surface area is 196 Å². The van der Waals surface area contributed by atoms with E-state index in [2.05, 4.69) is 4.90 Å². The van der Waals surface area contributed by atoms with Gasteiger partial charge in [-0.3, -0.25) is 9.69 Å². The minimum absolute atomic E-state index is 0.110. The number of ether oxygens (including phenoxy) is 1. The molecule has 0 spiro atoms. The normalized spacial score (nSPS) is 15.2. The molecule has 0 atom stereocenters. The number of allylic oxidation sites excluding steroid dienone is 2. The van der Waals surface area contributed by atoms with Gasteiger partial charge in [0.05, 0.1) is 5.75 Å². The van der Waals surface area contributed by atoms with Crippen LogP contribution in [-0.4, -0.2) is 51.1 Å². The average Bonchev–Trinajstić information content (AvgIpc) is 2.82. The van der Waals surface area contributed by atoms with E-state index in [4.69, 9.17) is 8.92 Å². The van der Waals surface area contributed by atoms with Gasteiger partial charge >= 0.3 is 10.1 Å². The second-order valence-electron chi connectivity index (χ2n) is 7.89. The minimum Gasteiger partial charge on any atom is -0.492 e. The number of carbonyl (C=O) groups is 1. The van der Waals surface area contributed by atoms with Crippen molar-refractivity contribution in [3.63, 3.8) is 0 Å². The number of rotatable bonds is 11. The largest absolute Gasteiger partial charge is 0.492 e. The van der Waals surface area contributed by atoms with Crippen LogP contribution in [0.4, 0.5) is 0 Å². The van der Waals surface area contributed by atoms with Gasteiger partial charge in [-0.15, -0.1) is 0 Å². The number of nitrogens with zero attached hydrogens (tertiary/aromatic N) is 1. The van der Waals surface area contributed by atoms with Gasteiger partial charge in [0.2, 0.25) is 0 Å². The predicted octanol–water partition coefficient (Wildman–Crippen LogP) is 4.58. The van der Waals surface area contributed by atoms with Crippen molar-refractivity contribution in [1.29, 1.82) is 0 Å². The Bertz CT molecular complexity index is 1090. The van der Waals surface area contributed by atoms with Crippen LogP contribution in [0.3, 0.4) is 0 Å². The van der Waals surface area contributed by atoms with Crippen molar-refractivity contribution < 1.29 is 22.1 Å². The summed E-state index contributed by atoms with van der Waals surface area (Å²) in [7, 11) is -3.59. The zero-order chi connectivity index (χ0) is 23.5. The molecule has 7 heteroatoms. The number of hydrogen-bond donors (Lipinski definition) is 0. The fourth-order valence-corrected chi connectivity index (χ4v) is 3.99. The smallest absolute Gasteiger partial charge is 0.308 e. The fourth-order valence-electron chi connectivity index (χ4n) is 3.47. The SMILES string of the molecule is CCS(=O)(=O)Oc1cccc(/C=C/C(=O)/C=C/c2cccc(OCCN3CCCCC3)c2)c1. The van der Waals surface area contributed by atoms with Crippen LogP contribution in [-0.2, 0) is 14.9 Å². The van der Waals surface area contributed by atoms with Crippen LogP contribution in [0.25, 0.3) is 12.2 Å². The van der Waals surface area contributed by atoms with Crippen LogP contribution in [0.2, 0.25) is 0 Å². The highest BCUT2D eigenvalue weighted by Gasteiger charge is 2.10. The molecule has 2 aromatic rings. The molecule has 0 amide bonds. The molecule has 1 aliphatic rings. The van der Waals surface area contributed by atoms with E-state index in [0.717, 1.165) is 30.9 Å². The zero-order valence-electron chi connectivity index (χ0n) is 19.0. The number of likely N-dealkylation sites (tertiary alicyclic amines) is 1. The Kier molecular flexibility index (Phi) is 9.27. The molecular formula is C26H31NO5S. The van der Waals surface area contributed by atoms with Gasteiger partial charge in [0.1, 0.15) is 18.1 Å². The molecule has 1 heterocycles. The lowest BCUT2D eigenvalue weighted by molar-refractivity contribution is -0.110. The summed E-state index contributed by atoms with van der Waals surface area (Å²) in [6.45, 7) is 5.40. The third kappa shape index (κ3) is 8.86. The van der Waals surface area contributed by atoms with Crippen LogP contribution in [0, 0.1) is 0 Å². The molecule has 2 aromatic carbocycles. The molecule has 3 rings (SSSR count). The molecule has 6 nitrogen and oxygen atoms in total. The number of benzene rings is 2. The molecule has 33 heavy (non-hydrogen) atoms. The summed E-state index contributed by atoms with van der Waals surface area (Å²) in [6.07, 6.45) is 10.2. The van der Waals surface area contributed by atoms with Crippen LogP contribution < -0.4 is 8.92 Å². The molecule has 1 aliphatic heterocycles. The Morgan fingerprint density at radius 1 is 0.939 bits per heavy atom. The van der Waals surface area contributed by atoms with Gasteiger partial charge in [0, 0.05) is 6.54 Å². The Hall–Kier alpha value is -2.90. The highest BCUT2D eigenvalue weighted by Crippen LogP contribution is 2.18. The van der Waals surface area contributed by atoms with E-state index < -0.39 is 10.1 Å². The third-order valence-corrected chi connectivity index (χ3v) is 6.45. The quantitative estimate of drug-likeness (QED) is 0.354. The summed E-state index contributed by atoms with van der Waals surface area (Å²) in [5.41, 5.74) is 1.55. The molecule has 1 saturated heterocycles. The second-order valence-corrected chi connectivity index (χ2v) is 9.75. The standard InChI is InChI=1S/C26H31NO5S/c1-2-33(29,30)32-26-11-7-9-23(21-26)13-15-24(28)14-12-22-8-6-10-25(20-22)31-19-18-27-16-4-3-5-17-27/h6-15,20-21H,2-5,16-19H2,1H3/b14-12+,15-13+. The lowest BCUT2D eigenvalue weighted by Crippen LogP contribution is -2.33. The highest BCUT2D eigenvalue weighted by atomic mass is 32.2. The van der Waals surface area contributed by atoms with Crippen molar-refractivity contribution >= 4 is 28.1 Å². The van der Waals surface area contributed by atoms with Gasteiger partial charge in [-0.1, -0.05) is 42.8 Å². The van der Waals surface area contributed by atoms with Crippen molar-refractivity contribution in [2.45, 2.75) is 26.2 Å². The van der Waals surface area contributed by atoms with Gasteiger partial charge in [0.25, 0.3) is 0 Å². The van der Waals surface area contributed by atoms with Gasteiger partial charge < -0.3 is 8.92 Å². The first kappa shape index (κ1) is 24.7. The van der Waals surface area contributed by atoms with Crippen molar-refractivity contribution in [2.75, 3.05) is 32.0 Å². The number of piperidine rings is 1. The number of carbonyl (C=O) groups excluding carboxylic acids is 1. The molecule has 0 aromatic heterocycles. The fraction of sp³-hybridized carbons (Fsp3) is 0.346. The number of ketones is 1. The van der Waals surface area contributed by atoms with Gasteiger partial charge in [-0.25, -0.2) is 0 Å². The van der Waals surface area contributed by atoms with Crippen LogP contribution >= 0.6 is 0 Å². The molecule has 176 valence electrons. The third-order valence-electron chi connectivity index (χ3n) is 5.30. The maximum Gasteiger partial charge on any atom is 0.308 e. The first-order chi connectivity index (χ1) is 15.9. The molecule has 0 radical (unpaired) electrons. The molecule has 0 aliphatic carbocycles. The summed E-state index contributed by atoms with van der Waals surface area (Å²) < 4.78 is 34.1. The van der Waals surface area contributed by atoms with E-state index in [0.29, 0.717) is 12.2 Å². The average molecular weight is 470 g/mol. The van der Waals surface area contributed by atoms with Crippen LogP contribution in [0.15, 0.2) is 60.7 Å². The predicted molar refractivity (Wildman–Crippen MR) is 132 cm³/mol. The summed E-state index contributed by atoms with van der Waals surface area (Å²) in [6, 6.07) is 14.2. The molecule has 1 fully saturated rings. The van der Waals surface area contributed by atoms with Crippen molar-refractivity contribution in [2.24, 2.45) is 0 Å². The molecule has 0 bridgehead atoms. The van der Waals surface area contributed by atoms with E-state index in [1.807, 2.05) is 24.3 Å². The van der Waals surface area contributed by atoms with Gasteiger partial charge in [-0.2, -0.15) is 8.42 Å². The van der Waals surface area contributed by atoms with E-state index in [1.54, 1.807) is 36.4 Å². The summed E-state index contributed by atoms with van der Waals surface area (Å²) in [5, 5.41) is 0. The Balaban J connectivity index is 1.52. The lowest BCUT2D eigenvalue weighted by Gasteiger charge is -2.26. The molecular weight excluding hydrogens is 438 g/mol. The summed E-state index contributed by atoms with van der Waals surface area (Å²) in [4.78, 5) is 14.7. The lowest BCUT2D eigenvalue weighted by atomic mass is 10.1. The Morgan fingerprint density at radius 2 is 1.55 bits per heavy atom. The maximum absolute atomic E-state index is 12.2.